The van der Waals surface area contributed by atoms with Crippen molar-refractivity contribution < 1.29 is 9.53 Å². The standard InChI is InChI=1S/C12H16N4O2S/c1-3-18-11(17)10(8-13)9-14-5-7-19-12-15-4-6-16(12)2/h4,6,9-10H,3,5,7H2,1-2H3/t10-/m0/s1. The van der Waals surface area contributed by atoms with Crippen LogP contribution in [0.3, 0.4) is 0 Å². The largest absolute Gasteiger partial charge is 0.465 e. The molecule has 0 fully saturated rings. The molecular formula is C12H16N4O2S. The van der Waals surface area contributed by atoms with E-state index in [9.17, 15) is 4.79 Å². The molecule has 0 amide bonds. The molecule has 19 heavy (non-hydrogen) atoms. The van der Waals surface area contributed by atoms with Crippen molar-refractivity contribution in [2.45, 2.75) is 12.1 Å². The Morgan fingerprint density at radius 3 is 3.16 bits per heavy atom. The maximum Gasteiger partial charge on any atom is 0.328 e. The SMILES string of the molecule is CCOC(=O)[C@@H](C#N)C=NCCSc1nccn1C. The molecule has 0 aliphatic rings. The van der Waals surface area contributed by atoms with Crippen LogP contribution in [0.2, 0.25) is 0 Å². The summed E-state index contributed by atoms with van der Waals surface area (Å²) in [6.07, 6.45) is 4.95. The Kier molecular flexibility index (Phi) is 6.68. The van der Waals surface area contributed by atoms with Gasteiger partial charge in [-0.25, -0.2) is 4.98 Å². The fourth-order valence-electron chi connectivity index (χ4n) is 1.24. The summed E-state index contributed by atoms with van der Waals surface area (Å²) in [6, 6.07) is 1.85. The molecule has 0 saturated heterocycles. The smallest absolute Gasteiger partial charge is 0.328 e. The van der Waals surface area contributed by atoms with Gasteiger partial charge in [-0.05, 0) is 6.92 Å². The van der Waals surface area contributed by atoms with Gasteiger partial charge in [0.15, 0.2) is 11.1 Å². The van der Waals surface area contributed by atoms with E-state index in [1.54, 1.807) is 24.9 Å². The highest BCUT2D eigenvalue weighted by atomic mass is 32.2. The minimum Gasteiger partial charge on any atom is -0.465 e. The lowest BCUT2D eigenvalue weighted by Crippen LogP contribution is -2.17. The van der Waals surface area contributed by atoms with Gasteiger partial charge in [0.2, 0.25) is 0 Å². The Morgan fingerprint density at radius 2 is 2.58 bits per heavy atom. The van der Waals surface area contributed by atoms with E-state index in [0.29, 0.717) is 6.54 Å². The number of hydrogen-bond acceptors (Lipinski definition) is 6. The molecule has 0 aliphatic carbocycles. The lowest BCUT2D eigenvalue weighted by Gasteiger charge is -2.02. The normalized spacial score (nSPS) is 12.3. The lowest BCUT2D eigenvalue weighted by atomic mass is 10.2. The number of aliphatic imine (C=N–C) groups is 1. The molecule has 1 rings (SSSR count). The van der Waals surface area contributed by atoms with Crippen molar-refractivity contribution in [3.8, 4) is 6.07 Å². The fourth-order valence-corrected chi connectivity index (χ4v) is 2.02. The molecule has 1 aromatic heterocycles. The van der Waals surface area contributed by atoms with Crippen LogP contribution in [0.1, 0.15) is 6.92 Å². The maximum absolute atomic E-state index is 11.3. The highest BCUT2D eigenvalue weighted by molar-refractivity contribution is 7.99. The van der Waals surface area contributed by atoms with E-state index in [2.05, 4.69) is 9.98 Å². The van der Waals surface area contributed by atoms with Gasteiger partial charge >= 0.3 is 5.97 Å². The molecule has 0 aromatic carbocycles. The van der Waals surface area contributed by atoms with E-state index in [-0.39, 0.29) is 6.61 Å². The van der Waals surface area contributed by atoms with Crippen molar-refractivity contribution in [2.75, 3.05) is 18.9 Å². The van der Waals surface area contributed by atoms with Crippen molar-refractivity contribution in [1.82, 2.24) is 9.55 Å². The molecule has 1 aromatic rings. The second kappa shape index (κ2) is 8.32. The van der Waals surface area contributed by atoms with Gasteiger partial charge in [-0.3, -0.25) is 9.79 Å². The van der Waals surface area contributed by atoms with Crippen molar-refractivity contribution in [2.24, 2.45) is 18.0 Å². The van der Waals surface area contributed by atoms with E-state index in [1.807, 2.05) is 23.9 Å². The summed E-state index contributed by atoms with van der Waals surface area (Å²) in [6.45, 7) is 2.49. The number of aryl methyl sites for hydroxylation is 1. The third-order valence-corrected chi connectivity index (χ3v) is 3.20. The van der Waals surface area contributed by atoms with Crippen LogP contribution in [0.25, 0.3) is 0 Å². The number of nitriles is 1. The predicted octanol–water partition coefficient (Wildman–Crippen LogP) is 1.29. The Labute approximate surface area is 116 Å². The molecule has 102 valence electrons. The Balaban J connectivity index is 2.31. The van der Waals surface area contributed by atoms with E-state index < -0.39 is 11.9 Å². The van der Waals surface area contributed by atoms with E-state index in [1.165, 1.54) is 6.21 Å². The Bertz CT molecular complexity index is 478. The molecule has 7 heteroatoms. The molecule has 0 spiro atoms. The van der Waals surface area contributed by atoms with Crippen LogP contribution in [-0.4, -0.2) is 40.6 Å². The molecule has 0 N–H and O–H groups in total. The van der Waals surface area contributed by atoms with Crippen LogP contribution in [0.5, 0.6) is 0 Å². The predicted molar refractivity (Wildman–Crippen MR) is 73.0 cm³/mol. The topological polar surface area (TPSA) is 80.3 Å². The van der Waals surface area contributed by atoms with Crippen LogP contribution in [0.15, 0.2) is 22.5 Å². The number of ether oxygens (including phenoxy) is 1. The van der Waals surface area contributed by atoms with Gasteiger partial charge in [-0.2, -0.15) is 5.26 Å². The number of esters is 1. The van der Waals surface area contributed by atoms with Crippen molar-refractivity contribution in [3.05, 3.63) is 12.4 Å². The molecule has 0 bridgehead atoms. The zero-order valence-electron chi connectivity index (χ0n) is 10.9. The average molecular weight is 280 g/mol. The average Bonchev–Trinajstić information content (AvgIpc) is 2.79. The first-order chi connectivity index (χ1) is 9.19. The number of thioether (sulfide) groups is 1. The first-order valence-electron chi connectivity index (χ1n) is 5.85. The van der Waals surface area contributed by atoms with E-state index in [0.717, 1.165) is 10.9 Å². The summed E-state index contributed by atoms with van der Waals surface area (Å²) in [7, 11) is 1.92. The van der Waals surface area contributed by atoms with Gasteiger partial charge in [0.1, 0.15) is 0 Å². The summed E-state index contributed by atoms with van der Waals surface area (Å²) in [4.78, 5) is 19.5. The fraction of sp³-hybridized carbons (Fsp3) is 0.500. The maximum atomic E-state index is 11.3. The monoisotopic (exact) mass is 280 g/mol. The van der Waals surface area contributed by atoms with Crippen LogP contribution in [0.4, 0.5) is 0 Å². The molecule has 0 radical (unpaired) electrons. The highest BCUT2D eigenvalue weighted by Crippen LogP contribution is 2.13. The number of aromatic nitrogens is 2. The zero-order valence-corrected chi connectivity index (χ0v) is 11.8. The summed E-state index contributed by atoms with van der Waals surface area (Å²) < 4.78 is 6.68. The van der Waals surface area contributed by atoms with Crippen LogP contribution in [-0.2, 0) is 16.6 Å². The second-order valence-electron chi connectivity index (χ2n) is 3.58. The summed E-state index contributed by atoms with van der Waals surface area (Å²) in [5, 5.41) is 9.72. The quantitative estimate of drug-likeness (QED) is 0.325. The molecule has 0 saturated carbocycles. The minimum absolute atomic E-state index is 0.264. The van der Waals surface area contributed by atoms with Crippen molar-refractivity contribution in [3.63, 3.8) is 0 Å². The number of nitrogens with zero attached hydrogens (tertiary/aromatic N) is 4. The zero-order chi connectivity index (χ0) is 14.1. The van der Waals surface area contributed by atoms with Gasteiger partial charge in [-0.15, -0.1) is 0 Å². The van der Waals surface area contributed by atoms with Crippen molar-refractivity contribution in [1.29, 1.82) is 5.26 Å². The molecule has 0 unspecified atom stereocenters. The lowest BCUT2D eigenvalue weighted by molar-refractivity contribution is -0.143. The van der Waals surface area contributed by atoms with Gasteiger partial charge < -0.3 is 9.30 Å². The van der Waals surface area contributed by atoms with E-state index in [4.69, 9.17) is 10.00 Å². The van der Waals surface area contributed by atoms with Gasteiger partial charge in [0.25, 0.3) is 0 Å². The molecule has 0 aliphatic heterocycles. The second-order valence-corrected chi connectivity index (χ2v) is 4.65. The highest BCUT2D eigenvalue weighted by Gasteiger charge is 2.15. The van der Waals surface area contributed by atoms with Crippen LogP contribution in [0, 0.1) is 17.2 Å². The third-order valence-electron chi connectivity index (χ3n) is 2.16. The van der Waals surface area contributed by atoms with Crippen LogP contribution < -0.4 is 0 Å². The number of imidazole rings is 1. The number of carbonyl (C=O) groups is 1. The Hall–Kier alpha value is -1.81. The summed E-state index contributed by atoms with van der Waals surface area (Å²) >= 11 is 1.57. The van der Waals surface area contributed by atoms with Gasteiger partial charge in [-0.1, -0.05) is 11.8 Å². The molecule has 6 nitrogen and oxygen atoms in total. The number of rotatable bonds is 7. The van der Waals surface area contributed by atoms with Gasteiger partial charge in [0, 0.05) is 38.0 Å². The van der Waals surface area contributed by atoms with Crippen molar-refractivity contribution >= 4 is 23.9 Å². The third kappa shape index (κ3) is 5.14. The molecule has 1 heterocycles. The minimum atomic E-state index is -0.918. The summed E-state index contributed by atoms with van der Waals surface area (Å²) in [5.74, 6) is -0.730. The summed E-state index contributed by atoms with van der Waals surface area (Å²) in [5.41, 5.74) is 0. The Morgan fingerprint density at radius 1 is 1.79 bits per heavy atom. The number of hydrogen-bond donors (Lipinski definition) is 0. The molecular weight excluding hydrogens is 264 g/mol. The van der Waals surface area contributed by atoms with Gasteiger partial charge in [0.05, 0.1) is 12.7 Å². The first-order valence-corrected chi connectivity index (χ1v) is 6.84. The van der Waals surface area contributed by atoms with E-state index >= 15 is 0 Å². The number of carbonyl (C=O) groups excluding carboxylic acids is 1. The molecule has 1 atom stereocenters. The first kappa shape index (κ1) is 15.2. The van der Waals surface area contributed by atoms with Crippen LogP contribution >= 0.6 is 11.8 Å².